The van der Waals surface area contributed by atoms with E-state index in [9.17, 15) is 0 Å². The Bertz CT molecular complexity index is 414. The Kier molecular flexibility index (Phi) is 3.94. The molecule has 0 unspecified atom stereocenters. The van der Waals surface area contributed by atoms with Gasteiger partial charge in [0.15, 0.2) is 0 Å². The Morgan fingerprint density at radius 2 is 2.11 bits per heavy atom. The third-order valence-corrected chi connectivity index (χ3v) is 4.11. The van der Waals surface area contributed by atoms with E-state index in [1.165, 1.54) is 12.8 Å². The molecule has 0 bridgehead atoms. The van der Waals surface area contributed by atoms with Crippen molar-refractivity contribution in [2.24, 2.45) is 0 Å². The van der Waals surface area contributed by atoms with Crippen LogP contribution in [-0.2, 0) is 11.2 Å². The van der Waals surface area contributed by atoms with E-state index >= 15 is 0 Å². The van der Waals surface area contributed by atoms with E-state index in [1.54, 1.807) is 6.33 Å². The quantitative estimate of drug-likeness (QED) is 0.886. The van der Waals surface area contributed by atoms with Crippen molar-refractivity contribution in [3.05, 3.63) is 18.1 Å². The monoisotopic (exact) mass is 262 g/mol. The zero-order valence-electron chi connectivity index (χ0n) is 11.5. The lowest BCUT2D eigenvalue weighted by Crippen LogP contribution is -2.53. The molecule has 0 radical (unpaired) electrons. The summed E-state index contributed by atoms with van der Waals surface area (Å²) in [4.78, 5) is 11.1. The highest BCUT2D eigenvalue weighted by molar-refractivity contribution is 5.37. The number of anilines is 1. The lowest BCUT2D eigenvalue weighted by atomic mass is 9.85. The maximum absolute atomic E-state index is 5.39. The molecular weight excluding hydrogens is 240 g/mol. The second-order valence-electron chi connectivity index (χ2n) is 5.36. The summed E-state index contributed by atoms with van der Waals surface area (Å²) in [7, 11) is 0. The van der Waals surface area contributed by atoms with Gasteiger partial charge in [0.1, 0.15) is 12.1 Å². The largest absolute Gasteiger partial charge is 0.379 e. The molecular formula is C14H22N4O. The summed E-state index contributed by atoms with van der Waals surface area (Å²) in [6, 6.07) is 3.35. The first-order valence-corrected chi connectivity index (χ1v) is 7.24. The molecule has 5 heteroatoms. The summed E-state index contributed by atoms with van der Waals surface area (Å²) in [5.74, 6) is 0.970. The Balaban J connectivity index is 1.48. The normalized spacial score (nSPS) is 27.8. The van der Waals surface area contributed by atoms with Crippen LogP contribution in [0.15, 0.2) is 12.4 Å². The van der Waals surface area contributed by atoms with Crippen LogP contribution in [0.1, 0.15) is 25.5 Å². The molecule has 0 amide bonds. The van der Waals surface area contributed by atoms with Crippen LogP contribution in [0.4, 0.5) is 5.82 Å². The van der Waals surface area contributed by atoms with Crippen LogP contribution >= 0.6 is 0 Å². The van der Waals surface area contributed by atoms with Gasteiger partial charge in [-0.3, -0.25) is 4.90 Å². The molecule has 19 heavy (non-hydrogen) atoms. The van der Waals surface area contributed by atoms with Crippen molar-refractivity contribution in [1.29, 1.82) is 0 Å². The van der Waals surface area contributed by atoms with Gasteiger partial charge >= 0.3 is 0 Å². The van der Waals surface area contributed by atoms with Gasteiger partial charge < -0.3 is 10.1 Å². The second kappa shape index (κ2) is 5.84. The maximum atomic E-state index is 5.39. The number of nitrogens with one attached hydrogen (secondary N) is 1. The van der Waals surface area contributed by atoms with E-state index in [1.807, 2.05) is 0 Å². The van der Waals surface area contributed by atoms with Gasteiger partial charge in [-0.2, -0.15) is 0 Å². The Morgan fingerprint density at radius 3 is 2.84 bits per heavy atom. The first kappa shape index (κ1) is 12.8. The van der Waals surface area contributed by atoms with Gasteiger partial charge in [-0.05, 0) is 19.3 Å². The van der Waals surface area contributed by atoms with E-state index < -0.39 is 0 Å². The molecule has 2 fully saturated rings. The van der Waals surface area contributed by atoms with E-state index in [0.29, 0.717) is 6.04 Å². The van der Waals surface area contributed by atoms with Crippen LogP contribution in [0.5, 0.6) is 0 Å². The van der Waals surface area contributed by atoms with Gasteiger partial charge in [0.25, 0.3) is 0 Å². The number of hydrogen-bond acceptors (Lipinski definition) is 5. The Hall–Kier alpha value is -1.20. The van der Waals surface area contributed by atoms with Gasteiger partial charge in [0.05, 0.1) is 13.2 Å². The van der Waals surface area contributed by atoms with Crippen molar-refractivity contribution < 1.29 is 4.74 Å². The number of rotatable bonds is 4. The number of ether oxygens (including phenoxy) is 1. The van der Waals surface area contributed by atoms with Crippen LogP contribution in [-0.4, -0.2) is 53.3 Å². The summed E-state index contributed by atoms with van der Waals surface area (Å²) in [5.41, 5.74) is 1.10. The topological polar surface area (TPSA) is 50.3 Å². The molecule has 3 rings (SSSR count). The molecule has 5 nitrogen and oxygen atoms in total. The van der Waals surface area contributed by atoms with Gasteiger partial charge in [0.2, 0.25) is 0 Å². The van der Waals surface area contributed by atoms with E-state index in [2.05, 4.69) is 33.2 Å². The summed E-state index contributed by atoms with van der Waals surface area (Å²) in [6.45, 7) is 6.07. The number of nitrogens with zero attached hydrogens (tertiary/aromatic N) is 3. The zero-order chi connectivity index (χ0) is 13.1. The maximum Gasteiger partial charge on any atom is 0.129 e. The highest BCUT2D eigenvalue weighted by Gasteiger charge is 2.34. The molecule has 1 saturated carbocycles. The highest BCUT2D eigenvalue weighted by atomic mass is 16.5. The van der Waals surface area contributed by atoms with Crippen LogP contribution in [0.3, 0.4) is 0 Å². The molecule has 2 heterocycles. The molecule has 0 atom stereocenters. The predicted molar refractivity (Wildman–Crippen MR) is 74.2 cm³/mol. The number of aromatic nitrogens is 2. The van der Waals surface area contributed by atoms with Crippen LogP contribution in [0.25, 0.3) is 0 Å². The fraction of sp³-hybridized carbons (Fsp3) is 0.714. The molecule has 1 aliphatic carbocycles. The van der Waals surface area contributed by atoms with Crippen molar-refractivity contribution in [2.45, 2.75) is 38.3 Å². The third-order valence-electron chi connectivity index (χ3n) is 4.11. The van der Waals surface area contributed by atoms with Gasteiger partial charge in [-0.1, -0.05) is 6.92 Å². The second-order valence-corrected chi connectivity index (χ2v) is 5.36. The predicted octanol–water partition coefficient (Wildman–Crippen LogP) is 1.31. The van der Waals surface area contributed by atoms with Crippen LogP contribution < -0.4 is 5.32 Å². The number of morpholine rings is 1. The summed E-state index contributed by atoms with van der Waals surface area (Å²) >= 11 is 0. The smallest absolute Gasteiger partial charge is 0.129 e. The standard InChI is InChI=1S/C14H22N4O/c1-2-11-9-14(16-10-15-11)17-12-7-13(8-12)18-3-5-19-6-4-18/h9-10,12-13H,2-8H2,1H3,(H,15,16,17). The third kappa shape index (κ3) is 3.04. The summed E-state index contributed by atoms with van der Waals surface area (Å²) in [6.07, 6.45) is 5.04. The minimum absolute atomic E-state index is 0.562. The Labute approximate surface area is 114 Å². The molecule has 1 aromatic rings. The minimum Gasteiger partial charge on any atom is -0.379 e. The van der Waals surface area contributed by atoms with E-state index in [0.717, 1.165) is 50.3 Å². The minimum atomic E-state index is 0.562. The molecule has 1 aromatic heterocycles. The molecule has 1 saturated heterocycles. The van der Waals surface area contributed by atoms with Crippen molar-refractivity contribution in [3.8, 4) is 0 Å². The first-order chi connectivity index (χ1) is 9.35. The summed E-state index contributed by atoms with van der Waals surface area (Å²) in [5, 5.41) is 3.51. The average molecular weight is 262 g/mol. The highest BCUT2D eigenvalue weighted by Crippen LogP contribution is 2.28. The van der Waals surface area contributed by atoms with Crippen molar-refractivity contribution in [2.75, 3.05) is 31.6 Å². The molecule has 2 aliphatic rings. The molecule has 1 N–H and O–H groups in total. The van der Waals surface area contributed by atoms with Crippen molar-refractivity contribution >= 4 is 5.82 Å². The van der Waals surface area contributed by atoms with Gasteiger partial charge in [-0.25, -0.2) is 9.97 Å². The van der Waals surface area contributed by atoms with Gasteiger partial charge in [-0.15, -0.1) is 0 Å². The van der Waals surface area contributed by atoms with Crippen LogP contribution in [0, 0.1) is 0 Å². The van der Waals surface area contributed by atoms with Crippen LogP contribution in [0.2, 0.25) is 0 Å². The van der Waals surface area contributed by atoms with E-state index in [-0.39, 0.29) is 0 Å². The van der Waals surface area contributed by atoms with Crippen molar-refractivity contribution in [3.63, 3.8) is 0 Å². The lowest BCUT2D eigenvalue weighted by molar-refractivity contribution is -0.00439. The average Bonchev–Trinajstić information content (AvgIpc) is 2.43. The fourth-order valence-corrected chi connectivity index (χ4v) is 2.83. The van der Waals surface area contributed by atoms with Crippen molar-refractivity contribution in [1.82, 2.24) is 14.9 Å². The number of aryl methyl sites for hydroxylation is 1. The molecule has 0 spiro atoms. The van der Waals surface area contributed by atoms with Gasteiger partial charge in [0, 0.05) is 36.9 Å². The first-order valence-electron chi connectivity index (χ1n) is 7.24. The van der Waals surface area contributed by atoms with E-state index in [4.69, 9.17) is 4.74 Å². The lowest BCUT2D eigenvalue weighted by Gasteiger charge is -2.44. The number of hydrogen-bond donors (Lipinski definition) is 1. The fourth-order valence-electron chi connectivity index (χ4n) is 2.83. The molecule has 104 valence electrons. The Morgan fingerprint density at radius 1 is 1.32 bits per heavy atom. The summed E-state index contributed by atoms with van der Waals surface area (Å²) < 4.78 is 5.39. The SMILES string of the molecule is CCc1cc(NC2CC(N3CCOCC3)C2)ncn1. The molecule has 1 aliphatic heterocycles. The molecule has 0 aromatic carbocycles. The zero-order valence-corrected chi connectivity index (χ0v) is 11.5.